The molecule has 4 rings (SSSR count). The molecule has 1 aromatic heterocycles. The van der Waals surface area contributed by atoms with E-state index in [-0.39, 0.29) is 35.7 Å². The van der Waals surface area contributed by atoms with Gasteiger partial charge in [0.25, 0.3) is 0 Å². The second-order valence-electron chi connectivity index (χ2n) is 9.66. The van der Waals surface area contributed by atoms with Gasteiger partial charge in [0.1, 0.15) is 22.7 Å². The van der Waals surface area contributed by atoms with Crippen molar-refractivity contribution in [1.82, 2.24) is 9.88 Å². The van der Waals surface area contributed by atoms with E-state index < -0.39 is 52.4 Å². The van der Waals surface area contributed by atoms with Crippen LogP contribution in [0.15, 0.2) is 17.1 Å². The molecule has 2 fully saturated rings. The van der Waals surface area contributed by atoms with E-state index in [1.165, 1.54) is 16.6 Å². The highest BCUT2D eigenvalue weighted by Crippen LogP contribution is 2.40. The molecule has 11 heteroatoms. The predicted octanol–water partition coefficient (Wildman–Crippen LogP) is 3.04. The molecule has 184 valence electrons. The van der Waals surface area contributed by atoms with Crippen LogP contribution in [0.5, 0.6) is 0 Å². The van der Waals surface area contributed by atoms with Gasteiger partial charge in [-0.3, -0.25) is 4.79 Å². The maximum absolute atomic E-state index is 15.8. The Morgan fingerprint density at radius 1 is 1.21 bits per heavy atom. The fraction of sp³-hybridized carbons (Fsp3) is 0.522. The van der Waals surface area contributed by atoms with E-state index in [0.717, 1.165) is 12.3 Å². The van der Waals surface area contributed by atoms with E-state index in [1.54, 1.807) is 20.8 Å². The van der Waals surface area contributed by atoms with Crippen LogP contribution in [-0.4, -0.2) is 59.7 Å². The zero-order valence-corrected chi connectivity index (χ0v) is 19.4. The molecule has 1 saturated carbocycles. The topological polar surface area (TPSA) is 110 Å². The van der Waals surface area contributed by atoms with Crippen molar-refractivity contribution in [3.05, 3.63) is 39.7 Å². The number of aromatic nitrogens is 1. The molecule has 1 aliphatic heterocycles. The molecule has 0 bridgehead atoms. The van der Waals surface area contributed by atoms with E-state index in [4.69, 9.17) is 9.47 Å². The van der Waals surface area contributed by atoms with E-state index in [1.807, 2.05) is 0 Å². The second-order valence-corrected chi connectivity index (χ2v) is 9.66. The van der Waals surface area contributed by atoms with Crippen LogP contribution >= 0.6 is 0 Å². The lowest BCUT2D eigenvalue weighted by molar-refractivity contribution is 0.0417. The number of hydrogen-bond donors (Lipinski definition) is 2. The highest BCUT2D eigenvalue weighted by atomic mass is 19.1. The number of anilines is 1. The molecule has 0 radical (unpaired) electrons. The summed E-state index contributed by atoms with van der Waals surface area (Å²) >= 11 is 0. The fourth-order valence-corrected chi connectivity index (χ4v) is 4.31. The van der Waals surface area contributed by atoms with Gasteiger partial charge in [0.2, 0.25) is 5.43 Å². The number of carbonyl (C=O) groups excluding carboxylic acids is 1. The number of hydrogen-bond acceptors (Lipinski definition) is 6. The molecule has 1 saturated heterocycles. The van der Waals surface area contributed by atoms with E-state index in [9.17, 15) is 19.5 Å². The Hall–Kier alpha value is -3.21. The minimum atomic E-state index is -1.45. The number of benzene rings is 1. The standard InChI is InChI=1S/C23H27F2N3O6/c1-23(2,3)34-22(32)26-15-9-27(10-16(15)33-4)19-14(24)7-12-18(17(19)25)28(11-5-6-11)8-13(20(12)29)21(30)31/h7-8,11,15-16H,5-6,9-10H2,1-4H3,(H,26,32)(H,30,31)/t15-,16+/m1/s1. The third-order valence-electron chi connectivity index (χ3n) is 5.94. The Balaban J connectivity index is 1.74. The Bertz CT molecular complexity index is 1220. The number of pyridine rings is 1. The van der Waals surface area contributed by atoms with Crippen LogP contribution in [0.4, 0.5) is 19.3 Å². The van der Waals surface area contributed by atoms with Gasteiger partial charge >= 0.3 is 12.1 Å². The summed E-state index contributed by atoms with van der Waals surface area (Å²) in [5.74, 6) is -3.41. The lowest BCUT2D eigenvalue weighted by atomic mass is 10.1. The van der Waals surface area contributed by atoms with Crippen LogP contribution in [0.2, 0.25) is 0 Å². The number of carboxylic acid groups (broad SMARTS) is 1. The van der Waals surface area contributed by atoms with Crippen molar-refractivity contribution in [2.24, 2.45) is 0 Å². The molecule has 9 nitrogen and oxygen atoms in total. The SMILES string of the molecule is CO[C@H]1CN(c2c(F)cc3c(=O)c(C(=O)O)cn(C4CC4)c3c2F)C[C@H]1NC(=O)OC(C)(C)C. The van der Waals surface area contributed by atoms with Gasteiger partial charge in [-0.2, -0.15) is 0 Å². The molecule has 0 unspecified atom stereocenters. The van der Waals surface area contributed by atoms with Gasteiger partial charge in [0, 0.05) is 32.4 Å². The molecule has 2 N–H and O–H groups in total. The molecule has 1 aromatic carbocycles. The van der Waals surface area contributed by atoms with Gasteiger partial charge in [-0.25, -0.2) is 18.4 Å². The van der Waals surface area contributed by atoms with Crippen molar-refractivity contribution in [2.75, 3.05) is 25.1 Å². The maximum Gasteiger partial charge on any atom is 0.408 e. The molecular weight excluding hydrogens is 452 g/mol. The van der Waals surface area contributed by atoms with E-state index >= 15 is 8.78 Å². The number of fused-ring (bicyclic) bond motifs is 1. The second kappa shape index (κ2) is 8.53. The number of ether oxygens (including phenoxy) is 2. The number of methoxy groups -OCH3 is 1. The summed E-state index contributed by atoms with van der Waals surface area (Å²) in [6, 6.07) is 0.118. The van der Waals surface area contributed by atoms with Crippen molar-refractivity contribution in [2.45, 2.75) is 57.4 Å². The summed E-state index contributed by atoms with van der Waals surface area (Å²) in [4.78, 5) is 37.8. The monoisotopic (exact) mass is 479 g/mol. The molecule has 2 aliphatic rings. The first-order valence-corrected chi connectivity index (χ1v) is 11.0. The summed E-state index contributed by atoms with van der Waals surface area (Å²) in [5.41, 5.74) is -2.69. The number of carboxylic acids is 1. The number of amides is 1. The maximum atomic E-state index is 15.8. The summed E-state index contributed by atoms with van der Waals surface area (Å²) in [7, 11) is 1.43. The summed E-state index contributed by atoms with van der Waals surface area (Å²) in [6.07, 6.45) is 1.28. The van der Waals surface area contributed by atoms with Crippen LogP contribution in [0.3, 0.4) is 0 Å². The molecule has 0 spiro atoms. The van der Waals surface area contributed by atoms with Gasteiger partial charge in [-0.05, 0) is 39.7 Å². The predicted molar refractivity (Wildman–Crippen MR) is 120 cm³/mol. The van der Waals surface area contributed by atoms with Gasteiger partial charge < -0.3 is 29.4 Å². The minimum Gasteiger partial charge on any atom is -0.477 e. The number of alkyl carbamates (subject to hydrolysis) is 1. The van der Waals surface area contributed by atoms with Gasteiger partial charge in [0.15, 0.2) is 5.82 Å². The van der Waals surface area contributed by atoms with Crippen molar-refractivity contribution in [1.29, 1.82) is 0 Å². The number of carbonyl (C=O) groups is 2. The van der Waals surface area contributed by atoms with Crippen molar-refractivity contribution in [3.8, 4) is 0 Å². The highest BCUT2D eigenvalue weighted by Gasteiger charge is 2.38. The number of nitrogens with one attached hydrogen (secondary N) is 1. The van der Waals surface area contributed by atoms with Crippen molar-refractivity contribution in [3.63, 3.8) is 0 Å². The normalized spacial score (nSPS) is 20.6. The summed E-state index contributed by atoms with van der Waals surface area (Å²) < 4.78 is 43.2. The first kappa shape index (κ1) is 23.9. The van der Waals surface area contributed by atoms with Gasteiger partial charge in [0.05, 0.1) is 23.0 Å². The summed E-state index contributed by atoms with van der Waals surface area (Å²) in [5, 5.41) is 11.7. The third kappa shape index (κ3) is 4.44. The average Bonchev–Trinajstić information content (AvgIpc) is 3.48. The first-order valence-electron chi connectivity index (χ1n) is 11.0. The Kier molecular flexibility index (Phi) is 6.01. The van der Waals surface area contributed by atoms with Crippen LogP contribution in [0.25, 0.3) is 10.9 Å². The largest absolute Gasteiger partial charge is 0.477 e. The zero-order chi connectivity index (χ0) is 24.9. The lowest BCUT2D eigenvalue weighted by Crippen LogP contribution is -2.45. The Labute approximate surface area is 194 Å². The molecule has 2 heterocycles. The molecule has 34 heavy (non-hydrogen) atoms. The number of aromatic carboxylic acids is 1. The minimum absolute atomic E-state index is 0.0396. The van der Waals surface area contributed by atoms with Crippen LogP contribution in [-0.2, 0) is 9.47 Å². The Morgan fingerprint density at radius 2 is 1.88 bits per heavy atom. The molecule has 2 aromatic rings. The van der Waals surface area contributed by atoms with E-state index in [0.29, 0.717) is 12.8 Å². The van der Waals surface area contributed by atoms with Crippen LogP contribution in [0, 0.1) is 11.6 Å². The zero-order valence-electron chi connectivity index (χ0n) is 19.4. The number of rotatable bonds is 5. The lowest BCUT2D eigenvalue weighted by Gasteiger charge is -2.24. The summed E-state index contributed by atoms with van der Waals surface area (Å²) in [6.45, 7) is 5.28. The van der Waals surface area contributed by atoms with Crippen molar-refractivity contribution < 1.29 is 33.0 Å². The third-order valence-corrected chi connectivity index (χ3v) is 5.94. The van der Waals surface area contributed by atoms with Crippen LogP contribution in [0.1, 0.15) is 50.0 Å². The first-order chi connectivity index (χ1) is 15.9. The molecule has 2 atom stereocenters. The van der Waals surface area contributed by atoms with Gasteiger partial charge in [-0.1, -0.05) is 0 Å². The number of halogens is 2. The van der Waals surface area contributed by atoms with Gasteiger partial charge in [-0.15, -0.1) is 0 Å². The number of nitrogens with zero attached hydrogens (tertiary/aromatic N) is 2. The highest BCUT2D eigenvalue weighted by molar-refractivity contribution is 5.94. The quantitative estimate of drug-likeness (QED) is 0.678. The molecule has 1 amide bonds. The molecule has 1 aliphatic carbocycles. The van der Waals surface area contributed by atoms with Crippen LogP contribution < -0.4 is 15.6 Å². The Morgan fingerprint density at radius 3 is 2.44 bits per heavy atom. The smallest absolute Gasteiger partial charge is 0.408 e. The van der Waals surface area contributed by atoms with E-state index in [2.05, 4.69) is 5.32 Å². The molecular formula is C23H27F2N3O6. The fourth-order valence-electron chi connectivity index (χ4n) is 4.31. The van der Waals surface area contributed by atoms with Crippen molar-refractivity contribution >= 4 is 28.7 Å². The average molecular weight is 479 g/mol.